The Kier molecular flexibility index (Phi) is 4.39. The number of aromatic nitrogens is 4. The maximum atomic E-state index is 11.9. The van der Waals surface area contributed by atoms with Crippen LogP contribution in [0.3, 0.4) is 0 Å². The van der Waals surface area contributed by atoms with Crippen LogP contribution in [0.2, 0.25) is 0 Å². The van der Waals surface area contributed by atoms with Crippen molar-refractivity contribution in [2.24, 2.45) is 12.8 Å². The lowest BCUT2D eigenvalue weighted by Gasteiger charge is -2.06. The van der Waals surface area contributed by atoms with Crippen LogP contribution in [0.5, 0.6) is 0 Å². The zero-order valence-corrected chi connectivity index (χ0v) is 12.5. The van der Waals surface area contributed by atoms with Gasteiger partial charge in [0.2, 0.25) is 5.91 Å². The summed E-state index contributed by atoms with van der Waals surface area (Å²) in [4.78, 5) is 33.5. The van der Waals surface area contributed by atoms with Gasteiger partial charge in [-0.05, 0) is 6.92 Å². The highest BCUT2D eigenvalue weighted by atomic mass is 16.6. The number of carbonyl (C=O) groups excluding carboxylic acids is 2. The Morgan fingerprint density at radius 2 is 2.09 bits per heavy atom. The standard InChI is InChI=1S/C12H15N7O4/c1-7-9(19(22)23)6-15-18(7)4-3-10(20)16-8-5-14-17(2)11(8)12(13)21/h5-6H,3-4H2,1-2H3,(H2,13,21)(H,16,20). The van der Waals surface area contributed by atoms with E-state index in [1.165, 1.54) is 22.6 Å². The highest BCUT2D eigenvalue weighted by molar-refractivity contribution is 6.01. The molecule has 0 radical (unpaired) electrons. The van der Waals surface area contributed by atoms with Crippen molar-refractivity contribution >= 4 is 23.2 Å². The molecular formula is C12H15N7O4. The number of rotatable bonds is 6. The molecule has 2 aromatic rings. The monoisotopic (exact) mass is 321 g/mol. The Morgan fingerprint density at radius 3 is 2.65 bits per heavy atom. The molecule has 11 nitrogen and oxygen atoms in total. The van der Waals surface area contributed by atoms with Crippen LogP contribution in [0.15, 0.2) is 12.4 Å². The largest absolute Gasteiger partial charge is 0.364 e. The minimum atomic E-state index is -0.709. The van der Waals surface area contributed by atoms with E-state index < -0.39 is 16.7 Å². The van der Waals surface area contributed by atoms with E-state index in [1.807, 2.05) is 0 Å². The molecule has 11 heteroatoms. The lowest BCUT2D eigenvalue weighted by Crippen LogP contribution is -2.21. The summed E-state index contributed by atoms with van der Waals surface area (Å²) in [6.45, 7) is 1.72. The fourth-order valence-corrected chi connectivity index (χ4v) is 2.08. The number of hydrogen-bond donors (Lipinski definition) is 2. The molecule has 2 heterocycles. The number of aryl methyl sites for hydroxylation is 2. The molecule has 0 bridgehead atoms. The molecule has 0 fully saturated rings. The predicted octanol–water partition coefficient (Wildman–Crippen LogP) is -0.0391. The van der Waals surface area contributed by atoms with Gasteiger partial charge in [0, 0.05) is 13.5 Å². The summed E-state index contributed by atoms with van der Waals surface area (Å²) in [7, 11) is 1.53. The average Bonchev–Trinajstić information content (AvgIpc) is 3.00. The number of amides is 2. The van der Waals surface area contributed by atoms with Gasteiger partial charge in [-0.2, -0.15) is 10.2 Å². The lowest BCUT2D eigenvalue weighted by molar-refractivity contribution is -0.385. The number of anilines is 1. The van der Waals surface area contributed by atoms with Gasteiger partial charge in [-0.1, -0.05) is 0 Å². The van der Waals surface area contributed by atoms with Crippen LogP contribution in [0, 0.1) is 17.0 Å². The van der Waals surface area contributed by atoms with Crippen molar-refractivity contribution in [2.45, 2.75) is 19.9 Å². The van der Waals surface area contributed by atoms with Gasteiger partial charge >= 0.3 is 5.69 Å². The van der Waals surface area contributed by atoms with Gasteiger partial charge in [0.25, 0.3) is 5.91 Å². The fraction of sp³-hybridized carbons (Fsp3) is 0.333. The first kappa shape index (κ1) is 16.1. The molecule has 23 heavy (non-hydrogen) atoms. The van der Waals surface area contributed by atoms with E-state index in [4.69, 9.17) is 5.73 Å². The third-order valence-corrected chi connectivity index (χ3v) is 3.27. The summed E-state index contributed by atoms with van der Waals surface area (Å²) in [5.41, 5.74) is 5.79. The summed E-state index contributed by atoms with van der Waals surface area (Å²) in [6, 6.07) is 0. The van der Waals surface area contributed by atoms with Gasteiger partial charge in [-0.15, -0.1) is 0 Å². The van der Waals surface area contributed by atoms with Crippen LogP contribution in [0.1, 0.15) is 22.6 Å². The van der Waals surface area contributed by atoms with Crippen LogP contribution >= 0.6 is 0 Å². The summed E-state index contributed by atoms with van der Waals surface area (Å²) in [6.07, 6.45) is 2.48. The first-order valence-electron chi connectivity index (χ1n) is 6.59. The number of nitro groups is 1. The molecule has 0 aromatic carbocycles. The lowest BCUT2D eigenvalue weighted by atomic mass is 10.3. The third-order valence-electron chi connectivity index (χ3n) is 3.27. The molecule has 0 aliphatic carbocycles. The van der Waals surface area contributed by atoms with E-state index in [9.17, 15) is 19.7 Å². The molecule has 0 spiro atoms. The van der Waals surface area contributed by atoms with Crippen LogP contribution in [0.25, 0.3) is 0 Å². The van der Waals surface area contributed by atoms with Crippen molar-refractivity contribution in [1.82, 2.24) is 19.6 Å². The van der Waals surface area contributed by atoms with Gasteiger partial charge in [0.15, 0.2) is 0 Å². The van der Waals surface area contributed by atoms with Crippen molar-refractivity contribution < 1.29 is 14.5 Å². The summed E-state index contributed by atoms with van der Waals surface area (Å²) in [5.74, 6) is -1.10. The third kappa shape index (κ3) is 3.33. The molecule has 122 valence electrons. The SMILES string of the molecule is Cc1c([N+](=O)[O-])cnn1CCC(=O)Nc1cnn(C)c1C(N)=O. The number of nitrogens with zero attached hydrogens (tertiary/aromatic N) is 5. The molecular weight excluding hydrogens is 306 g/mol. The van der Waals surface area contributed by atoms with Gasteiger partial charge in [-0.3, -0.25) is 29.1 Å². The zero-order chi connectivity index (χ0) is 17.1. The highest BCUT2D eigenvalue weighted by Crippen LogP contribution is 2.17. The zero-order valence-electron chi connectivity index (χ0n) is 12.5. The Balaban J connectivity index is 2.01. The Bertz CT molecular complexity index is 776. The van der Waals surface area contributed by atoms with Crippen LogP contribution in [0.4, 0.5) is 11.4 Å². The number of hydrogen-bond acceptors (Lipinski definition) is 6. The van der Waals surface area contributed by atoms with Crippen molar-refractivity contribution in [3.05, 3.63) is 33.9 Å². The van der Waals surface area contributed by atoms with E-state index in [-0.39, 0.29) is 30.0 Å². The Hall–Kier alpha value is -3.24. The number of primary amides is 1. The molecule has 2 amide bonds. The average molecular weight is 321 g/mol. The second-order valence-electron chi connectivity index (χ2n) is 4.79. The molecule has 0 unspecified atom stereocenters. The van der Waals surface area contributed by atoms with E-state index in [0.717, 1.165) is 6.20 Å². The summed E-state index contributed by atoms with van der Waals surface area (Å²) < 4.78 is 2.63. The maximum absolute atomic E-state index is 11.9. The smallest absolute Gasteiger partial charge is 0.309 e. The molecule has 0 aliphatic rings. The predicted molar refractivity (Wildman–Crippen MR) is 78.6 cm³/mol. The van der Waals surface area contributed by atoms with Crippen LogP contribution in [-0.2, 0) is 18.4 Å². The molecule has 2 aromatic heterocycles. The molecule has 0 saturated carbocycles. The topological polar surface area (TPSA) is 151 Å². The van der Waals surface area contributed by atoms with Gasteiger partial charge in [0.1, 0.15) is 17.6 Å². The Morgan fingerprint density at radius 1 is 1.39 bits per heavy atom. The Labute approximate surface area is 130 Å². The molecule has 3 N–H and O–H groups in total. The van der Waals surface area contributed by atoms with E-state index >= 15 is 0 Å². The quantitative estimate of drug-likeness (QED) is 0.562. The number of nitrogens with one attached hydrogen (secondary N) is 1. The van der Waals surface area contributed by atoms with Crippen molar-refractivity contribution in [3.63, 3.8) is 0 Å². The van der Waals surface area contributed by atoms with Gasteiger partial charge < -0.3 is 11.1 Å². The second-order valence-corrected chi connectivity index (χ2v) is 4.79. The normalized spacial score (nSPS) is 10.5. The van der Waals surface area contributed by atoms with Gasteiger partial charge in [0.05, 0.1) is 23.4 Å². The minimum absolute atomic E-state index is 0.0206. The van der Waals surface area contributed by atoms with E-state index in [0.29, 0.717) is 5.69 Å². The molecule has 0 saturated heterocycles. The summed E-state index contributed by atoms with van der Waals surface area (Å²) >= 11 is 0. The first-order chi connectivity index (χ1) is 10.8. The van der Waals surface area contributed by atoms with E-state index in [1.54, 1.807) is 6.92 Å². The first-order valence-corrected chi connectivity index (χ1v) is 6.59. The fourth-order valence-electron chi connectivity index (χ4n) is 2.08. The maximum Gasteiger partial charge on any atom is 0.309 e. The second kappa shape index (κ2) is 6.25. The van der Waals surface area contributed by atoms with Crippen LogP contribution in [-0.4, -0.2) is 36.3 Å². The van der Waals surface area contributed by atoms with Crippen molar-refractivity contribution in [1.29, 1.82) is 0 Å². The van der Waals surface area contributed by atoms with Crippen molar-refractivity contribution in [3.8, 4) is 0 Å². The van der Waals surface area contributed by atoms with Gasteiger partial charge in [-0.25, -0.2) is 0 Å². The number of carbonyl (C=O) groups is 2. The van der Waals surface area contributed by atoms with E-state index in [2.05, 4.69) is 15.5 Å². The van der Waals surface area contributed by atoms with Crippen LogP contribution < -0.4 is 11.1 Å². The molecule has 2 rings (SSSR count). The van der Waals surface area contributed by atoms with Crippen molar-refractivity contribution in [2.75, 3.05) is 5.32 Å². The molecule has 0 atom stereocenters. The highest BCUT2D eigenvalue weighted by Gasteiger charge is 2.18. The number of nitrogens with two attached hydrogens (primary N) is 1. The summed E-state index contributed by atoms with van der Waals surface area (Å²) in [5, 5.41) is 21.0. The minimum Gasteiger partial charge on any atom is -0.364 e. The molecule has 0 aliphatic heterocycles.